The topological polar surface area (TPSA) is 72.4 Å². The summed E-state index contributed by atoms with van der Waals surface area (Å²) in [6.45, 7) is 8.76. The normalized spacial score (nSPS) is 20.2. The van der Waals surface area contributed by atoms with Crippen LogP contribution < -0.4 is 14.8 Å². The highest BCUT2D eigenvalue weighted by Gasteiger charge is 2.36. The van der Waals surface area contributed by atoms with Gasteiger partial charge in [-0.2, -0.15) is 0 Å². The van der Waals surface area contributed by atoms with Gasteiger partial charge in [-0.15, -0.1) is 24.0 Å². The molecule has 1 aliphatic rings. The lowest BCUT2D eigenvalue weighted by molar-refractivity contribution is -0.145. The predicted molar refractivity (Wildman–Crippen MR) is 121 cm³/mol. The summed E-state index contributed by atoms with van der Waals surface area (Å²) in [5, 5.41) is 3.31. The Labute approximate surface area is 184 Å². The smallest absolute Gasteiger partial charge is 0.310 e. The molecule has 1 fully saturated rings. The molecule has 1 aromatic carbocycles. The first-order valence-electron chi connectivity index (χ1n) is 9.40. The zero-order valence-corrected chi connectivity index (χ0v) is 19.6. The average Bonchev–Trinajstić information content (AvgIpc) is 3.06. The summed E-state index contributed by atoms with van der Waals surface area (Å²) in [7, 11) is 3.08. The van der Waals surface area contributed by atoms with Crippen molar-refractivity contribution < 1.29 is 19.0 Å². The zero-order valence-electron chi connectivity index (χ0n) is 17.3. The van der Waals surface area contributed by atoms with Gasteiger partial charge >= 0.3 is 5.97 Å². The number of nitrogens with zero attached hydrogens (tertiary/aromatic N) is 2. The highest BCUT2D eigenvalue weighted by atomic mass is 127. The molecule has 0 aliphatic carbocycles. The van der Waals surface area contributed by atoms with Gasteiger partial charge in [-0.1, -0.05) is 6.92 Å². The minimum absolute atomic E-state index is 0. The van der Waals surface area contributed by atoms with E-state index in [1.54, 1.807) is 7.11 Å². The number of hydrogen-bond acceptors (Lipinski definition) is 5. The maximum absolute atomic E-state index is 11.9. The van der Waals surface area contributed by atoms with Crippen LogP contribution in [0.4, 0.5) is 0 Å². The lowest BCUT2D eigenvalue weighted by atomic mass is 9.99. The summed E-state index contributed by atoms with van der Waals surface area (Å²) >= 11 is 0. The van der Waals surface area contributed by atoms with Gasteiger partial charge in [-0.3, -0.25) is 4.79 Å². The molecule has 0 radical (unpaired) electrons. The number of guanidine groups is 1. The predicted octanol–water partition coefficient (Wildman–Crippen LogP) is 2.79. The maximum Gasteiger partial charge on any atom is 0.310 e. The van der Waals surface area contributed by atoms with Gasteiger partial charge in [0.05, 0.1) is 26.7 Å². The van der Waals surface area contributed by atoms with Gasteiger partial charge in [-0.25, -0.2) is 4.99 Å². The Hall–Kier alpha value is -1.71. The van der Waals surface area contributed by atoms with Gasteiger partial charge in [-0.05, 0) is 44.0 Å². The van der Waals surface area contributed by atoms with E-state index in [1.807, 2.05) is 38.1 Å². The molecule has 1 heterocycles. The van der Waals surface area contributed by atoms with Gasteiger partial charge in [0.2, 0.25) is 0 Å². The monoisotopic (exact) mass is 505 g/mol. The summed E-state index contributed by atoms with van der Waals surface area (Å²) in [4.78, 5) is 18.8. The van der Waals surface area contributed by atoms with Crippen molar-refractivity contribution in [2.45, 2.75) is 26.9 Å². The number of methoxy groups -OCH3 is 2. The molecule has 0 saturated carbocycles. The number of carbonyl (C=O) groups excluding carboxylic acids is 1. The van der Waals surface area contributed by atoms with Crippen LogP contribution in [-0.4, -0.2) is 63.3 Å². The SMILES string of the molecule is CCNC(=NCC(C)Oc1ccc(OC)cc1)N1CC(C)C(C(=O)OC)C1.I. The van der Waals surface area contributed by atoms with Gasteiger partial charge in [0.25, 0.3) is 0 Å². The molecule has 28 heavy (non-hydrogen) atoms. The number of rotatable bonds is 7. The van der Waals surface area contributed by atoms with Crippen molar-refractivity contribution in [2.24, 2.45) is 16.8 Å². The quantitative estimate of drug-likeness (QED) is 0.266. The molecule has 3 unspecified atom stereocenters. The van der Waals surface area contributed by atoms with Crippen molar-refractivity contribution >= 4 is 35.9 Å². The molecule has 2 rings (SSSR count). The Kier molecular flexibility index (Phi) is 10.4. The molecule has 0 aromatic heterocycles. The molecular weight excluding hydrogens is 473 g/mol. The zero-order chi connectivity index (χ0) is 19.8. The Balaban J connectivity index is 0.00000392. The van der Waals surface area contributed by atoms with Gasteiger partial charge < -0.3 is 24.4 Å². The van der Waals surface area contributed by atoms with Crippen LogP contribution in [0.2, 0.25) is 0 Å². The van der Waals surface area contributed by atoms with Crippen molar-refractivity contribution in [3.63, 3.8) is 0 Å². The van der Waals surface area contributed by atoms with Crippen molar-refractivity contribution in [2.75, 3.05) is 40.4 Å². The number of esters is 1. The molecule has 0 amide bonds. The van der Waals surface area contributed by atoms with Crippen LogP contribution in [-0.2, 0) is 9.53 Å². The summed E-state index contributed by atoms with van der Waals surface area (Å²) in [6, 6.07) is 7.50. The van der Waals surface area contributed by atoms with E-state index in [1.165, 1.54) is 7.11 Å². The summed E-state index contributed by atoms with van der Waals surface area (Å²) in [6.07, 6.45) is -0.0801. The highest BCUT2D eigenvalue weighted by Crippen LogP contribution is 2.24. The first-order valence-corrected chi connectivity index (χ1v) is 9.40. The van der Waals surface area contributed by atoms with Crippen LogP contribution in [0, 0.1) is 11.8 Å². The largest absolute Gasteiger partial charge is 0.497 e. The molecule has 1 saturated heterocycles. The van der Waals surface area contributed by atoms with E-state index in [9.17, 15) is 4.79 Å². The minimum Gasteiger partial charge on any atom is -0.497 e. The third-order valence-electron chi connectivity index (χ3n) is 4.65. The first kappa shape index (κ1) is 24.3. The van der Waals surface area contributed by atoms with E-state index in [4.69, 9.17) is 19.2 Å². The Morgan fingerprint density at radius 1 is 1.25 bits per heavy atom. The van der Waals surface area contributed by atoms with Crippen LogP contribution in [0.5, 0.6) is 11.5 Å². The number of halogens is 1. The third kappa shape index (κ3) is 6.72. The van der Waals surface area contributed by atoms with E-state index < -0.39 is 0 Å². The fourth-order valence-electron chi connectivity index (χ4n) is 3.16. The second-order valence-electron chi connectivity index (χ2n) is 6.81. The van der Waals surface area contributed by atoms with E-state index in [0.29, 0.717) is 13.1 Å². The molecular formula is C20H32IN3O4. The van der Waals surface area contributed by atoms with Crippen LogP contribution in [0.1, 0.15) is 20.8 Å². The van der Waals surface area contributed by atoms with E-state index in [2.05, 4.69) is 17.1 Å². The van der Waals surface area contributed by atoms with E-state index in [-0.39, 0.29) is 47.9 Å². The van der Waals surface area contributed by atoms with Crippen molar-refractivity contribution in [3.05, 3.63) is 24.3 Å². The molecule has 7 nitrogen and oxygen atoms in total. The summed E-state index contributed by atoms with van der Waals surface area (Å²) < 4.78 is 16.0. The molecule has 1 N–H and O–H groups in total. The fourth-order valence-corrected chi connectivity index (χ4v) is 3.16. The number of aliphatic imine (C=N–C) groups is 1. The second-order valence-corrected chi connectivity index (χ2v) is 6.81. The maximum atomic E-state index is 11.9. The average molecular weight is 505 g/mol. The van der Waals surface area contributed by atoms with E-state index in [0.717, 1.165) is 30.5 Å². The lowest BCUT2D eigenvalue weighted by Crippen LogP contribution is -2.41. The summed E-state index contributed by atoms with van der Waals surface area (Å²) in [5.74, 6) is 2.34. The van der Waals surface area contributed by atoms with Gasteiger partial charge in [0.15, 0.2) is 5.96 Å². The summed E-state index contributed by atoms with van der Waals surface area (Å²) in [5.41, 5.74) is 0. The molecule has 3 atom stereocenters. The van der Waals surface area contributed by atoms with Gasteiger partial charge in [0.1, 0.15) is 17.6 Å². The van der Waals surface area contributed by atoms with Crippen LogP contribution in [0.15, 0.2) is 29.3 Å². The first-order chi connectivity index (χ1) is 13.0. The van der Waals surface area contributed by atoms with E-state index >= 15 is 0 Å². The number of benzene rings is 1. The molecule has 0 bridgehead atoms. The number of nitrogens with one attached hydrogen (secondary N) is 1. The number of likely N-dealkylation sites (tertiary alicyclic amines) is 1. The van der Waals surface area contributed by atoms with Crippen LogP contribution in [0.3, 0.4) is 0 Å². The molecule has 0 spiro atoms. The van der Waals surface area contributed by atoms with Crippen LogP contribution in [0.25, 0.3) is 0 Å². The standard InChI is InChI=1S/C20H31N3O4.HI/c1-6-21-20(23-12-14(2)18(13-23)19(24)26-5)22-11-15(3)27-17-9-7-16(25-4)8-10-17;/h7-10,14-15,18H,6,11-13H2,1-5H3,(H,21,22);1H. The number of ether oxygens (including phenoxy) is 3. The number of carbonyl (C=O) groups is 1. The van der Waals surface area contributed by atoms with Gasteiger partial charge in [0, 0.05) is 19.6 Å². The second kappa shape index (κ2) is 12.0. The minimum atomic E-state index is -0.156. The van der Waals surface area contributed by atoms with Crippen LogP contribution >= 0.6 is 24.0 Å². The molecule has 1 aromatic rings. The Bertz CT molecular complexity index is 639. The Morgan fingerprint density at radius 2 is 1.89 bits per heavy atom. The number of hydrogen-bond donors (Lipinski definition) is 1. The fraction of sp³-hybridized carbons (Fsp3) is 0.600. The highest BCUT2D eigenvalue weighted by molar-refractivity contribution is 14.0. The third-order valence-corrected chi connectivity index (χ3v) is 4.65. The molecule has 1 aliphatic heterocycles. The lowest BCUT2D eigenvalue weighted by Gasteiger charge is -2.22. The van der Waals surface area contributed by atoms with Crippen molar-refractivity contribution in [1.29, 1.82) is 0 Å². The van der Waals surface area contributed by atoms with Crippen molar-refractivity contribution in [1.82, 2.24) is 10.2 Å². The van der Waals surface area contributed by atoms with Crippen molar-refractivity contribution in [3.8, 4) is 11.5 Å². The molecule has 8 heteroatoms. The Morgan fingerprint density at radius 3 is 2.46 bits per heavy atom. The molecule has 158 valence electrons.